The third-order valence-electron chi connectivity index (χ3n) is 2.27. The molecule has 0 aromatic carbocycles. The van der Waals surface area contributed by atoms with Gasteiger partial charge in [-0.25, -0.2) is 0 Å². The van der Waals surface area contributed by atoms with E-state index >= 15 is 0 Å². The monoisotopic (exact) mass is 263 g/mol. The molecule has 0 amide bonds. The van der Waals surface area contributed by atoms with Gasteiger partial charge in [0.05, 0.1) is 33.0 Å². The molecule has 0 aromatic rings. The molecule has 6 nitrogen and oxygen atoms in total. The van der Waals surface area contributed by atoms with Crippen LogP contribution in [0.2, 0.25) is 0 Å². The van der Waals surface area contributed by atoms with E-state index in [1.54, 1.807) is 7.11 Å². The molecule has 0 aliphatic carbocycles. The van der Waals surface area contributed by atoms with Crippen LogP contribution in [0.3, 0.4) is 0 Å². The second-order valence-electron chi connectivity index (χ2n) is 4.15. The molecule has 18 heavy (non-hydrogen) atoms. The lowest BCUT2D eigenvalue weighted by Crippen LogP contribution is -2.37. The summed E-state index contributed by atoms with van der Waals surface area (Å²) in [5.41, 5.74) is 5.62. The van der Waals surface area contributed by atoms with Crippen molar-refractivity contribution in [3.05, 3.63) is 0 Å². The molecule has 0 heterocycles. The van der Waals surface area contributed by atoms with Crippen molar-refractivity contribution >= 4 is 5.97 Å². The predicted octanol–water partition coefficient (Wildman–Crippen LogP) is 0.193. The van der Waals surface area contributed by atoms with E-state index in [-0.39, 0.29) is 18.5 Å². The second kappa shape index (κ2) is 11.4. The Hall–Kier alpha value is -0.690. The molecule has 0 aliphatic heterocycles. The van der Waals surface area contributed by atoms with E-state index in [4.69, 9.17) is 24.7 Å². The minimum atomic E-state index is -0.567. The van der Waals surface area contributed by atoms with Crippen LogP contribution in [0.5, 0.6) is 0 Å². The zero-order valence-electron chi connectivity index (χ0n) is 11.5. The Kier molecular flexibility index (Phi) is 11.0. The third kappa shape index (κ3) is 9.35. The largest absolute Gasteiger partial charge is 0.462 e. The quantitative estimate of drug-likeness (QED) is 0.423. The van der Waals surface area contributed by atoms with E-state index in [0.717, 1.165) is 0 Å². The van der Waals surface area contributed by atoms with Crippen molar-refractivity contribution in [3.8, 4) is 0 Å². The molecule has 0 unspecified atom stereocenters. The van der Waals surface area contributed by atoms with Crippen LogP contribution in [-0.2, 0) is 23.7 Å². The van der Waals surface area contributed by atoms with Gasteiger partial charge in [-0.1, -0.05) is 13.8 Å². The summed E-state index contributed by atoms with van der Waals surface area (Å²) in [4.78, 5) is 11.4. The third-order valence-corrected chi connectivity index (χ3v) is 2.27. The number of rotatable bonds is 11. The fourth-order valence-electron chi connectivity index (χ4n) is 1.03. The summed E-state index contributed by atoms with van der Waals surface area (Å²) in [5, 5.41) is 0. The van der Waals surface area contributed by atoms with Crippen LogP contribution < -0.4 is 5.73 Å². The van der Waals surface area contributed by atoms with E-state index in [9.17, 15) is 4.79 Å². The fourth-order valence-corrected chi connectivity index (χ4v) is 1.03. The lowest BCUT2D eigenvalue weighted by Gasteiger charge is -2.14. The number of esters is 1. The van der Waals surface area contributed by atoms with Gasteiger partial charge in [0.1, 0.15) is 12.6 Å². The first kappa shape index (κ1) is 17.3. The number of nitrogens with two attached hydrogens (primary N) is 1. The van der Waals surface area contributed by atoms with E-state index in [1.807, 2.05) is 13.8 Å². The van der Waals surface area contributed by atoms with Crippen LogP contribution in [0.15, 0.2) is 0 Å². The van der Waals surface area contributed by atoms with Gasteiger partial charge < -0.3 is 24.7 Å². The molecule has 0 aromatic heterocycles. The molecular weight excluding hydrogens is 238 g/mol. The lowest BCUT2D eigenvalue weighted by molar-refractivity contribution is -0.148. The van der Waals surface area contributed by atoms with Gasteiger partial charge in [0, 0.05) is 7.11 Å². The van der Waals surface area contributed by atoms with Gasteiger partial charge in [0.25, 0.3) is 0 Å². The molecule has 0 spiro atoms. The van der Waals surface area contributed by atoms with Crippen LogP contribution in [0.1, 0.15) is 13.8 Å². The van der Waals surface area contributed by atoms with Gasteiger partial charge in [-0.05, 0) is 5.92 Å². The van der Waals surface area contributed by atoms with Crippen molar-refractivity contribution in [2.24, 2.45) is 11.7 Å². The highest BCUT2D eigenvalue weighted by atomic mass is 16.6. The molecule has 0 radical (unpaired) electrons. The van der Waals surface area contributed by atoms with Crippen LogP contribution in [0.4, 0.5) is 0 Å². The van der Waals surface area contributed by atoms with Crippen molar-refractivity contribution in [2.75, 3.05) is 46.8 Å². The lowest BCUT2D eigenvalue weighted by atomic mass is 10.1. The van der Waals surface area contributed by atoms with Crippen LogP contribution in [-0.4, -0.2) is 58.8 Å². The fraction of sp³-hybridized carbons (Fsp3) is 0.917. The normalized spacial score (nSPS) is 12.7. The molecular formula is C12H25NO5. The van der Waals surface area contributed by atoms with Gasteiger partial charge in [0.15, 0.2) is 0 Å². The molecule has 108 valence electrons. The van der Waals surface area contributed by atoms with E-state index in [2.05, 4.69) is 0 Å². The summed E-state index contributed by atoms with van der Waals surface area (Å²) in [6.45, 7) is 6.42. The van der Waals surface area contributed by atoms with Crippen molar-refractivity contribution in [2.45, 2.75) is 19.9 Å². The Bertz CT molecular complexity index is 211. The number of hydrogen-bond acceptors (Lipinski definition) is 6. The SMILES string of the molecule is COCCOCCOCCOC(=O)[C@H](N)C(C)C. The van der Waals surface area contributed by atoms with E-state index in [1.165, 1.54) is 0 Å². The topological polar surface area (TPSA) is 80.0 Å². The van der Waals surface area contributed by atoms with Gasteiger partial charge in [0.2, 0.25) is 0 Å². The average molecular weight is 263 g/mol. The van der Waals surface area contributed by atoms with Crippen LogP contribution >= 0.6 is 0 Å². The molecule has 0 aliphatic rings. The highest BCUT2D eigenvalue weighted by Gasteiger charge is 2.18. The number of hydrogen-bond donors (Lipinski definition) is 1. The van der Waals surface area contributed by atoms with Crippen molar-refractivity contribution in [3.63, 3.8) is 0 Å². The maximum absolute atomic E-state index is 11.4. The average Bonchev–Trinajstić information content (AvgIpc) is 2.35. The molecule has 6 heteroatoms. The van der Waals surface area contributed by atoms with Gasteiger partial charge in [-0.15, -0.1) is 0 Å². The highest BCUT2D eigenvalue weighted by molar-refractivity contribution is 5.75. The van der Waals surface area contributed by atoms with Gasteiger partial charge in [-0.3, -0.25) is 4.79 Å². The summed E-state index contributed by atoms with van der Waals surface area (Å²) in [7, 11) is 1.62. The van der Waals surface area contributed by atoms with Gasteiger partial charge >= 0.3 is 5.97 Å². The summed E-state index contributed by atoms with van der Waals surface area (Å²) in [6.07, 6.45) is 0. The minimum Gasteiger partial charge on any atom is -0.462 e. The van der Waals surface area contributed by atoms with Gasteiger partial charge in [-0.2, -0.15) is 0 Å². The summed E-state index contributed by atoms with van der Waals surface area (Å²) >= 11 is 0. The number of carbonyl (C=O) groups excluding carboxylic acids is 1. The zero-order valence-corrected chi connectivity index (χ0v) is 11.5. The molecule has 0 rings (SSSR count). The molecule has 0 bridgehead atoms. The number of carbonyl (C=O) groups is 1. The van der Waals surface area contributed by atoms with Crippen LogP contribution in [0, 0.1) is 5.92 Å². The Morgan fingerprint density at radius 3 is 2.00 bits per heavy atom. The predicted molar refractivity (Wildman–Crippen MR) is 67.3 cm³/mol. The standard InChI is InChI=1S/C12H25NO5/c1-10(2)11(13)12(14)18-9-8-17-7-6-16-5-4-15-3/h10-11H,4-9,13H2,1-3H3/t11-/m1/s1. The molecule has 0 saturated carbocycles. The summed E-state index contributed by atoms with van der Waals surface area (Å²) < 4.78 is 20.2. The van der Waals surface area contributed by atoms with Crippen LogP contribution in [0.25, 0.3) is 0 Å². The zero-order chi connectivity index (χ0) is 13.8. The number of methoxy groups -OCH3 is 1. The molecule has 2 N–H and O–H groups in total. The summed E-state index contributed by atoms with van der Waals surface area (Å²) in [5.74, 6) is -0.308. The van der Waals surface area contributed by atoms with Crippen molar-refractivity contribution in [1.29, 1.82) is 0 Å². The highest BCUT2D eigenvalue weighted by Crippen LogP contribution is 2.00. The van der Waals surface area contributed by atoms with E-state index in [0.29, 0.717) is 33.0 Å². The first-order chi connectivity index (χ1) is 8.59. The maximum atomic E-state index is 11.4. The first-order valence-corrected chi connectivity index (χ1v) is 6.16. The molecule has 0 fully saturated rings. The Labute approximate surface area is 109 Å². The van der Waals surface area contributed by atoms with E-state index < -0.39 is 6.04 Å². The number of ether oxygens (including phenoxy) is 4. The molecule has 0 saturated heterocycles. The smallest absolute Gasteiger partial charge is 0.323 e. The minimum absolute atomic E-state index is 0.0765. The molecule has 1 atom stereocenters. The first-order valence-electron chi connectivity index (χ1n) is 6.16. The van der Waals surface area contributed by atoms with Crippen molar-refractivity contribution in [1.82, 2.24) is 0 Å². The maximum Gasteiger partial charge on any atom is 0.323 e. The Morgan fingerprint density at radius 1 is 1.00 bits per heavy atom. The van der Waals surface area contributed by atoms with Crippen molar-refractivity contribution < 1.29 is 23.7 Å². The Morgan fingerprint density at radius 2 is 1.50 bits per heavy atom. The summed E-state index contributed by atoms with van der Waals surface area (Å²) in [6, 6.07) is -0.567. The second-order valence-corrected chi connectivity index (χ2v) is 4.15. The Balaban J connectivity index is 3.27.